The smallest absolute Gasteiger partial charge is 0.0466 e. The average Bonchev–Trinajstić information content (AvgIpc) is 3.00. The summed E-state index contributed by atoms with van der Waals surface area (Å²) in [4.78, 5) is 1.55. The van der Waals surface area contributed by atoms with Gasteiger partial charge in [-0.3, -0.25) is 0 Å². The Balaban J connectivity index is 1.34. The fourth-order valence-electron chi connectivity index (χ4n) is 9.06. The molecule has 0 aromatic heterocycles. The highest BCUT2D eigenvalue weighted by Gasteiger charge is 2.31. The molecule has 0 spiro atoms. The molecule has 5 aliphatic carbocycles. The van der Waals surface area contributed by atoms with Crippen LogP contribution in [0.4, 0.5) is 0 Å². The van der Waals surface area contributed by atoms with Gasteiger partial charge in [-0.05, 0) is 128 Å². The van der Waals surface area contributed by atoms with Crippen LogP contribution < -0.4 is 0 Å². The quantitative estimate of drug-likeness (QED) is 0.344. The van der Waals surface area contributed by atoms with Crippen molar-refractivity contribution in [1.82, 2.24) is 0 Å². The molecule has 0 saturated heterocycles. The summed E-state index contributed by atoms with van der Waals surface area (Å²) >= 11 is 2.17. The maximum atomic E-state index is 4.79. The molecule has 1 aromatic rings. The predicted molar refractivity (Wildman–Crippen MR) is 171 cm³/mol. The van der Waals surface area contributed by atoms with Crippen molar-refractivity contribution in [3.05, 3.63) is 64.3 Å². The van der Waals surface area contributed by atoms with Crippen LogP contribution >= 0.6 is 11.8 Å². The molecular weight excluding hydrogens is 488 g/mol. The number of rotatable bonds is 6. The van der Waals surface area contributed by atoms with E-state index in [2.05, 4.69) is 43.0 Å². The molecule has 0 atom stereocenters. The van der Waals surface area contributed by atoms with Crippen LogP contribution in [0.15, 0.2) is 52.5 Å². The fourth-order valence-corrected chi connectivity index (χ4v) is 10.2. The van der Waals surface area contributed by atoms with Crippen molar-refractivity contribution in [2.24, 2.45) is 11.8 Å². The maximum absolute atomic E-state index is 4.79. The van der Waals surface area contributed by atoms with Gasteiger partial charge in [0.2, 0.25) is 0 Å². The number of thioether (sulfide) groups is 1. The Hall–Kier alpha value is -1.21. The van der Waals surface area contributed by atoms with Crippen LogP contribution in [0.5, 0.6) is 0 Å². The molecule has 0 aliphatic heterocycles. The van der Waals surface area contributed by atoms with Gasteiger partial charge in [0.15, 0.2) is 0 Å². The third kappa shape index (κ3) is 6.50. The third-order valence-corrected chi connectivity index (χ3v) is 12.4. The third-order valence-electron chi connectivity index (χ3n) is 11.3. The number of benzene rings is 1. The summed E-state index contributed by atoms with van der Waals surface area (Å²) < 4.78 is 0. The van der Waals surface area contributed by atoms with Gasteiger partial charge in [-0.15, -0.1) is 11.8 Å². The van der Waals surface area contributed by atoms with Gasteiger partial charge in [0.25, 0.3) is 0 Å². The van der Waals surface area contributed by atoms with Crippen molar-refractivity contribution in [3.8, 4) is 0 Å². The van der Waals surface area contributed by atoms with Crippen molar-refractivity contribution in [2.45, 2.75) is 157 Å². The second kappa shape index (κ2) is 13.2. The zero-order valence-electron chi connectivity index (χ0n) is 25.0. The van der Waals surface area contributed by atoms with E-state index in [1.165, 1.54) is 134 Å². The van der Waals surface area contributed by atoms with Crippen LogP contribution in [0.2, 0.25) is 0 Å². The highest BCUT2D eigenvalue weighted by atomic mass is 32.2. The molecule has 0 amide bonds. The molecule has 0 unspecified atom stereocenters. The summed E-state index contributed by atoms with van der Waals surface area (Å²) in [5.74, 6) is 3.06. The topological polar surface area (TPSA) is 0 Å². The Morgan fingerprint density at radius 1 is 0.538 bits per heavy atom. The van der Waals surface area contributed by atoms with Crippen LogP contribution in [0.25, 0.3) is 0 Å². The SMILES string of the molecule is C=C1C(C2CCCCC2)=CC(Sc2cc(C3CCCCC3)c(C)c(C3CCCCC3)c2)C=C1C1CCCCC1. The lowest BCUT2D eigenvalue weighted by Crippen LogP contribution is -2.21. The molecule has 0 radical (unpaired) electrons. The minimum Gasteiger partial charge on any atom is -0.114 e. The lowest BCUT2D eigenvalue weighted by atomic mass is 9.72. The Kier molecular flexibility index (Phi) is 9.44. The molecular formula is C38H54S. The first-order chi connectivity index (χ1) is 19.2. The largest absolute Gasteiger partial charge is 0.114 e. The first-order valence-corrected chi connectivity index (χ1v) is 18.0. The van der Waals surface area contributed by atoms with Crippen molar-refractivity contribution in [3.63, 3.8) is 0 Å². The molecule has 0 heterocycles. The minimum atomic E-state index is 0.463. The second-order valence-electron chi connectivity index (χ2n) is 13.9. The number of allylic oxidation sites excluding steroid dienone is 3. The van der Waals surface area contributed by atoms with Gasteiger partial charge in [0.1, 0.15) is 0 Å². The molecule has 4 saturated carbocycles. The fraction of sp³-hybridized carbons (Fsp3) is 0.684. The molecule has 1 aromatic carbocycles. The summed E-state index contributed by atoms with van der Waals surface area (Å²) in [5.41, 5.74) is 9.80. The van der Waals surface area contributed by atoms with Crippen LogP contribution in [-0.2, 0) is 0 Å². The molecule has 1 heteroatoms. The van der Waals surface area contributed by atoms with E-state index in [4.69, 9.17) is 6.58 Å². The van der Waals surface area contributed by atoms with Gasteiger partial charge in [-0.1, -0.05) is 95.8 Å². The van der Waals surface area contributed by atoms with Crippen molar-refractivity contribution in [1.29, 1.82) is 0 Å². The van der Waals surface area contributed by atoms with E-state index < -0.39 is 0 Å². The van der Waals surface area contributed by atoms with Gasteiger partial charge >= 0.3 is 0 Å². The zero-order chi connectivity index (χ0) is 26.6. The Bertz CT molecular complexity index is 971. The van der Waals surface area contributed by atoms with Crippen LogP contribution in [0.3, 0.4) is 0 Å². The lowest BCUT2D eigenvalue weighted by Gasteiger charge is -2.35. The minimum absolute atomic E-state index is 0.463. The number of hydrogen-bond donors (Lipinski definition) is 0. The predicted octanol–water partition coefficient (Wildman–Crippen LogP) is 12.1. The van der Waals surface area contributed by atoms with Crippen molar-refractivity contribution < 1.29 is 0 Å². The summed E-state index contributed by atoms with van der Waals surface area (Å²) in [6, 6.07) is 5.32. The van der Waals surface area contributed by atoms with Gasteiger partial charge in [-0.25, -0.2) is 0 Å². The van der Waals surface area contributed by atoms with Gasteiger partial charge in [-0.2, -0.15) is 0 Å². The first-order valence-electron chi connectivity index (χ1n) is 17.1. The molecule has 0 N–H and O–H groups in total. The molecule has 4 fully saturated rings. The summed E-state index contributed by atoms with van der Waals surface area (Å²) in [7, 11) is 0. The molecule has 6 rings (SSSR count). The Morgan fingerprint density at radius 3 is 1.28 bits per heavy atom. The van der Waals surface area contributed by atoms with Crippen molar-refractivity contribution >= 4 is 11.8 Å². The van der Waals surface area contributed by atoms with E-state index in [-0.39, 0.29) is 0 Å². The standard InChI is InChI=1S/C38H54S/c1-27-35(29-15-7-3-8-16-29)23-33(24-36(27)30-17-9-4-10-18-30)39-34-25-37(31-19-11-5-12-20-31)28(2)38(26-34)32-21-13-6-14-22-32/h23-26,29-33H,1,3-22H2,2H3. The van der Waals surface area contributed by atoms with Crippen molar-refractivity contribution in [2.75, 3.05) is 0 Å². The van der Waals surface area contributed by atoms with E-state index in [9.17, 15) is 0 Å². The molecule has 0 nitrogen and oxygen atoms in total. The van der Waals surface area contributed by atoms with Crippen LogP contribution in [0, 0.1) is 18.8 Å². The van der Waals surface area contributed by atoms with E-state index in [1.807, 2.05) is 0 Å². The lowest BCUT2D eigenvalue weighted by molar-refractivity contribution is 0.391. The van der Waals surface area contributed by atoms with E-state index >= 15 is 0 Å². The molecule has 0 bridgehead atoms. The normalized spacial score (nSPS) is 25.5. The van der Waals surface area contributed by atoms with Crippen LogP contribution in [-0.4, -0.2) is 5.25 Å². The monoisotopic (exact) mass is 542 g/mol. The van der Waals surface area contributed by atoms with Gasteiger partial charge in [0.05, 0.1) is 0 Å². The van der Waals surface area contributed by atoms with E-state index in [1.54, 1.807) is 32.7 Å². The van der Waals surface area contributed by atoms with E-state index in [0.717, 1.165) is 23.7 Å². The Labute approximate surface area is 244 Å². The summed E-state index contributed by atoms with van der Waals surface area (Å²) in [6.45, 7) is 7.27. The van der Waals surface area contributed by atoms with Gasteiger partial charge < -0.3 is 0 Å². The number of hydrogen-bond acceptors (Lipinski definition) is 1. The summed E-state index contributed by atoms with van der Waals surface area (Å²) in [5, 5.41) is 0.463. The molecule has 5 aliphatic rings. The first kappa shape index (κ1) is 27.9. The highest BCUT2D eigenvalue weighted by molar-refractivity contribution is 8.00. The highest BCUT2D eigenvalue weighted by Crippen LogP contribution is 2.47. The molecule has 212 valence electrons. The van der Waals surface area contributed by atoms with Gasteiger partial charge in [0, 0.05) is 10.1 Å². The van der Waals surface area contributed by atoms with E-state index in [0.29, 0.717) is 5.25 Å². The second-order valence-corrected chi connectivity index (χ2v) is 15.1. The maximum Gasteiger partial charge on any atom is 0.0466 e. The van der Waals surface area contributed by atoms with Crippen LogP contribution in [0.1, 0.15) is 157 Å². The Morgan fingerprint density at radius 2 is 0.897 bits per heavy atom. The zero-order valence-corrected chi connectivity index (χ0v) is 25.8. The average molecular weight is 543 g/mol. The molecule has 39 heavy (non-hydrogen) atoms. The summed E-state index contributed by atoms with van der Waals surface area (Å²) in [6.07, 6.45) is 33.5.